The zero-order valence-corrected chi connectivity index (χ0v) is 10.3. The van der Waals surface area contributed by atoms with E-state index in [2.05, 4.69) is 18.9 Å². The van der Waals surface area contributed by atoms with Crippen molar-refractivity contribution in [3.8, 4) is 0 Å². The number of nitrogens with zero attached hydrogens (tertiary/aromatic N) is 2. The van der Waals surface area contributed by atoms with Gasteiger partial charge in [0.15, 0.2) is 0 Å². The Balaban J connectivity index is 2.15. The average molecular weight is 225 g/mol. The van der Waals surface area contributed by atoms with Crippen molar-refractivity contribution in [3.63, 3.8) is 0 Å². The van der Waals surface area contributed by atoms with E-state index in [1.54, 1.807) is 11.8 Å². The van der Waals surface area contributed by atoms with Crippen molar-refractivity contribution in [1.29, 1.82) is 0 Å². The lowest BCUT2D eigenvalue weighted by Gasteiger charge is -2.12. The standard InChI is InChI=1S/C11H19N3S/c1-8(2)15-10-7-13-14(11(10)12)9-5-3-4-6-9/h7-9H,3-6,12H2,1-2H3. The van der Waals surface area contributed by atoms with E-state index < -0.39 is 0 Å². The van der Waals surface area contributed by atoms with Crippen molar-refractivity contribution in [2.24, 2.45) is 0 Å². The van der Waals surface area contributed by atoms with Gasteiger partial charge in [0.25, 0.3) is 0 Å². The summed E-state index contributed by atoms with van der Waals surface area (Å²) in [5, 5.41) is 4.99. The molecule has 1 heterocycles. The van der Waals surface area contributed by atoms with Gasteiger partial charge in [-0.3, -0.25) is 0 Å². The first-order valence-electron chi connectivity index (χ1n) is 5.68. The van der Waals surface area contributed by atoms with Crippen LogP contribution in [0.4, 0.5) is 5.82 Å². The Morgan fingerprint density at radius 1 is 1.47 bits per heavy atom. The Hall–Kier alpha value is -0.640. The Morgan fingerprint density at radius 3 is 2.73 bits per heavy atom. The van der Waals surface area contributed by atoms with Gasteiger partial charge in [-0.25, -0.2) is 4.68 Å². The second kappa shape index (κ2) is 4.47. The van der Waals surface area contributed by atoms with Gasteiger partial charge in [0.1, 0.15) is 5.82 Å². The Labute approximate surface area is 95.4 Å². The fourth-order valence-corrected chi connectivity index (χ4v) is 2.97. The van der Waals surface area contributed by atoms with Crippen molar-refractivity contribution >= 4 is 17.6 Å². The molecule has 0 spiro atoms. The molecule has 1 fully saturated rings. The molecule has 2 rings (SSSR count). The second-order valence-corrected chi connectivity index (χ2v) is 6.06. The lowest BCUT2D eigenvalue weighted by molar-refractivity contribution is 0.473. The van der Waals surface area contributed by atoms with Crippen LogP contribution in [0, 0.1) is 0 Å². The molecule has 1 saturated carbocycles. The lowest BCUT2D eigenvalue weighted by Crippen LogP contribution is -2.10. The van der Waals surface area contributed by atoms with Gasteiger partial charge >= 0.3 is 0 Å². The molecule has 0 bridgehead atoms. The minimum atomic E-state index is 0.548. The van der Waals surface area contributed by atoms with Crippen molar-refractivity contribution in [2.75, 3.05) is 5.73 Å². The maximum atomic E-state index is 6.11. The lowest BCUT2D eigenvalue weighted by atomic mass is 10.2. The van der Waals surface area contributed by atoms with Crippen LogP contribution in [0.15, 0.2) is 11.1 Å². The predicted molar refractivity (Wildman–Crippen MR) is 65.1 cm³/mol. The molecular weight excluding hydrogens is 206 g/mol. The van der Waals surface area contributed by atoms with Crippen LogP contribution < -0.4 is 5.73 Å². The molecule has 3 nitrogen and oxygen atoms in total. The molecule has 0 amide bonds. The minimum absolute atomic E-state index is 0.548. The van der Waals surface area contributed by atoms with Gasteiger partial charge in [-0.15, -0.1) is 11.8 Å². The molecule has 0 radical (unpaired) electrons. The monoisotopic (exact) mass is 225 g/mol. The summed E-state index contributed by atoms with van der Waals surface area (Å²) in [6.45, 7) is 4.36. The minimum Gasteiger partial charge on any atom is -0.383 e. The molecule has 1 aromatic rings. The third-order valence-electron chi connectivity index (χ3n) is 2.83. The number of rotatable bonds is 3. The Kier molecular flexibility index (Phi) is 3.24. The zero-order chi connectivity index (χ0) is 10.8. The molecule has 2 N–H and O–H groups in total. The predicted octanol–water partition coefficient (Wildman–Crippen LogP) is 3.08. The number of nitrogens with two attached hydrogens (primary N) is 1. The molecule has 15 heavy (non-hydrogen) atoms. The molecule has 0 atom stereocenters. The van der Waals surface area contributed by atoms with Gasteiger partial charge in [-0.05, 0) is 12.8 Å². The number of anilines is 1. The number of nitrogen functional groups attached to an aromatic ring is 1. The topological polar surface area (TPSA) is 43.8 Å². The Bertz CT molecular complexity index is 327. The molecule has 84 valence electrons. The maximum absolute atomic E-state index is 6.11. The third-order valence-corrected chi connectivity index (χ3v) is 3.87. The third kappa shape index (κ3) is 2.30. The van der Waals surface area contributed by atoms with Crippen molar-refractivity contribution in [2.45, 2.75) is 55.7 Å². The fraction of sp³-hybridized carbons (Fsp3) is 0.727. The maximum Gasteiger partial charge on any atom is 0.135 e. The summed E-state index contributed by atoms with van der Waals surface area (Å²) in [7, 11) is 0. The first kappa shape index (κ1) is 10.9. The molecule has 1 aromatic heterocycles. The average Bonchev–Trinajstić information content (AvgIpc) is 2.76. The van der Waals surface area contributed by atoms with E-state index >= 15 is 0 Å². The van der Waals surface area contributed by atoms with Crippen molar-refractivity contribution in [3.05, 3.63) is 6.20 Å². The highest BCUT2D eigenvalue weighted by molar-refractivity contribution is 8.00. The van der Waals surface area contributed by atoms with E-state index in [9.17, 15) is 0 Å². The van der Waals surface area contributed by atoms with Gasteiger partial charge < -0.3 is 5.73 Å². The fourth-order valence-electron chi connectivity index (χ4n) is 2.14. The summed E-state index contributed by atoms with van der Waals surface area (Å²) >= 11 is 1.80. The van der Waals surface area contributed by atoms with Crippen LogP contribution in [0.25, 0.3) is 0 Å². The van der Waals surface area contributed by atoms with E-state index in [4.69, 9.17) is 5.73 Å². The van der Waals surface area contributed by atoms with Crippen LogP contribution in [-0.2, 0) is 0 Å². The van der Waals surface area contributed by atoms with Crippen LogP contribution in [0.1, 0.15) is 45.6 Å². The van der Waals surface area contributed by atoms with Gasteiger partial charge in [0.05, 0.1) is 17.1 Å². The van der Waals surface area contributed by atoms with Crippen LogP contribution in [0.5, 0.6) is 0 Å². The number of hydrogen-bond donors (Lipinski definition) is 1. The van der Waals surface area contributed by atoms with Crippen molar-refractivity contribution < 1.29 is 0 Å². The summed E-state index contributed by atoms with van der Waals surface area (Å²) in [6, 6.07) is 0.548. The first-order chi connectivity index (χ1) is 7.18. The molecule has 4 heteroatoms. The number of hydrogen-bond acceptors (Lipinski definition) is 3. The van der Waals surface area contributed by atoms with E-state index in [1.165, 1.54) is 25.7 Å². The van der Waals surface area contributed by atoms with E-state index in [0.717, 1.165) is 10.7 Å². The van der Waals surface area contributed by atoms with Gasteiger partial charge in [0, 0.05) is 5.25 Å². The molecule has 0 unspecified atom stereocenters. The zero-order valence-electron chi connectivity index (χ0n) is 9.44. The highest BCUT2D eigenvalue weighted by Crippen LogP contribution is 2.35. The van der Waals surface area contributed by atoms with Crippen LogP contribution in [0.2, 0.25) is 0 Å². The summed E-state index contributed by atoms with van der Waals surface area (Å²) in [5.41, 5.74) is 6.11. The summed E-state index contributed by atoms with van der Waals surface area (Å²) in [5.74, 6) is 0.862. The van der Waals surface area contributed by atoms with E-state index in [-0.39, 0.29) is 0 Å². The molecular formula is C11H19N3S. The molecule has 1 aliphatic rings. The molecule has 0 aromatic carbocycles. The quantitative estimate of drug-likeness (QED) is 0.804. The molecule has 0 saturated heterocycles. The Morgan fingerprint density at radius 2 is 2.13 bits per heavy atom. The van der Waals surface area contributed by atoms with Gasteiger partial charge in [-0.1, -0.05) is 26.7 Å². The summed E-state index contributed by atoms with van der Waals surface area (Å²) in [6.07, 6.45) is 7.01. The SMILES string of the molecule is CC(C)Sc1cnn(C2CCCC2)c1N. The largest absolute Gasteiger partial charge is 0.383 e. The van der Waals surface area contributed by atoms with Crippen LogP contribution in [-0.4, -0.2) is 15.0 Å². The summed E-state index contributed by atoms with van der Waals surface area (Å²) in [4.78, 5) is 1.14. The van der Waals surface area contributed by atoms with Crippen LogP contribution >= 0.6 is 11.8 Å². The smallest absolute Gasteiger partial charge is 0.135 e. The van der Waals surface area contributed by atoms with Gasteiger partial charge in [0.2, 0.25) is 0 Å². The molecule has 1 aliphatic carbocycles. The second-order valence-electron chi connectivity index (χ2n) is 4.44. The van der Waals surface area contributed by atoms with E-state index in [0.29, 0.717) is 11.3 Å². The number of thioether (sulfide) groups is 1. The molecule has 0 aliphatic heterocycles. The van der Waals surface area contributed by atoms with Crippen molar-refractivity contribution in [1.82, 2.24) is 9.78 Å². The van der Waals surface area contributed by atoms with E-state index in [1.807, 2.05) is 10.9 Å². The number of aromatic nitrogens is 2. The normalized spacial score (nSPS) is 17.8. The first-order valence-corrected chi connectivity index (χ1v) is 6.56. The highest BCUT2D eigenvalue weighted by Gasteiger charge is 2.21. The highest BCUT2D eigenvalue weighted by atomic mass is 32.2. The summed E-state index contributed by atoms with van der Waals surface area (Å²) < 4.78 is 2.03. The van der Waals surface area contributed by atoms with Gasteiger partial charge in [-0.2, -0.15) is 5.10 Å². The van der Waals surface area contributed by atoms with Crippen LogP contribution in [0.3, 0.4) is 0 Å².